The number of imidazole rings is 6. The molecule has 6 heterocycles. The molecule has 0 fully saturated rings. The van der Waals surface area contributed by atoms with Crippen LogP contribution in [0.2, 0.25) is 0 Å². The quantitative estimate of drug-likeness (QED) is 0.0271. The molecule has 0 aliphatic carbocycles. The van der Waals surface area contributed by atoms with E-state index in [1.165, 1.54) is 270 Å². The van der Waals surface area contributed by atoms with Crippen LogP contribution in [-0.4, -0.2) is 27.4 Å². The number of unbranched alkanes of at least 4 members (excludes halogenated alkanes) is 30. The maximum atomic E-state index is 2.26. The zero-order valence-corrected chi connectivity index (χ0v) is 58.7. The van der Waals surface area contributed by atoms with Gasteiger partial charge >= 0.3 is 0 Å². The normalized spacial score (nSPS) is 10.6. The van der Waals surface area contributed by atoms with E-state index in [4.69, 9.17) is 0 Å². The van der Waals surface area contributed by atoms with E-state index in [2.05, 4.69) is 251 Å². The monoisotopic (exact) mass is 1210 g/mol. The van der Waals surface area contributed by atoms with Gasteiger partial charge in [-0.15, -0.1) is 12.4 Å². The lowest BCUT2D eigenvalue weighted by molar-refractivity contribution is -0.671. The van der Waals surface area contributed by atoms with Gasteiger partial charge in [0.1, 0.15) is 74.4 Å². The second kappa shape index (κ2) is 58.6. The molecule has 0 bridgehead atoms. The molecular weight excluding hydrogens is 1070 g/mol. The minimum atomic E-state index is 0. The van der Waals surface area contributed by atoms with Crippen molar-refractivity contribution in [2.75, 3.05) is 0 Å². The first-order chi connectivity index (χ1) is 41.0. The third-order valence-corrected chi connectivity index (χ3v) is 15.6. The van der Waals surface area contributed by atoms with E-state index in [-0.39, 0.29) is 12.4 Å². The molecule has 6 rings (SSSR count). The highest BCUT2D eigenvalue weighted by Gasteiger charge is 2.04. The molecule has 13 heteroatoms. The molecule has 0 saturated heterocycles. The summed E-state index contributed by atoms with van der Waals surface area (Å²) in [5, 5.41) is 0. The zero-order chi connectivity index (χ0) is 61.4. The average molecular weight is 1210 g/mol. The highest BCUT2D eigenvalue weighted by molar-refractivity contribution is 5.85. The topological polar surface area (TPSA) is 52.9 Å². The molecule has 0 spiro atoms. The first-order valence-electron chi connectivity index (χ1n) is 35.0. The Morgan fingerprint density at radius 2 is 0.306 bits per heavy atom. The molecule has 0 aliphatic heterocycles. The lowest BCUT2D eigenvalue weighted by Gasteiger charge is -1.98. The third-order valence-electron chi connectivity index (χ3n) is 15.6. The molecule has 6 aromatic heterocycles. The van der Waals surface area contributed by atoms with Crippen molar-refractivity contribution >= 4 is 12.4 Å². The number of nitrogens with zero attached hydrogens (tertiary/aromatic N) is 12. The molecule has 0 radical (unpaired) electrons. The van der Waals surface area contributed by atoms with Crippen LogP contribution in [0.15, 0.2) is 112 Å². The largest absolute Gasteiger partial charge is 0.243 e. The molecule has 0 aliphatic rings. The van der Waals surface area contributed by atoms with Crippen LogP contribution in [0.25, 0.3) is 0 Å². The number of hydrogen-bond donors (Lipinski definition) is 0. The molecule has 488 valence electrons. The van der Waals surface area contributed by atoms with Gasteiger partial charge in [-0.05, 0) is 77.0 Å². The van der Waals surface area contributed by atoms with Crippen LogP contribution in [0.1, 0.15) is 273 Å². The van der Waals surface area contributed by atoms with Gasteiger partial charge in [-0.25, -0.2) is 54.8 Å². The number of aromatic nitrogens is 12. The Bertz CT molecular complexity index is 1850. The molecule has 85 heavy (non-hydrogen) atoms. The van der Waals surface area contributed by atoms with Crippen LogP contribution in [0.4, 0.5) is 0 Å². The second-order valence-corrected chi connectivity index (χ2v) is 24.5. The fraction of sp³-hybridized carbons (Fsp3) is 0.750. The Balaban J connectivity index is 0.000000994. The molecule has 0 amide bonds. The summed E-state index contributed by atoms with van der Waals surface area (Å²) in [5.74, 6) is 0. The predicted molar refractivity (Wildman–Crippen MR) is 361 cm³/mol. The van der Waals surface area contributed by atoms with Crippen molar-refractivity contribution in [2.45, 2.75) is 312 Å². The SMILES string of the molecule is CCCCCCCCn1cc[n+](C)c1.CCCCCCCCn1cc[n+](C)c1.CCCCCCCCn1cc[n+](C)c1.CCCCCCCCn1cc[n+](C)c1.CCCCCCCCn1cc[n+](C)c1.CCCCCCCCn1cc[n+](C)c1.Cl. The zero-order valence-electron chi connectivity index (χ0n) is 57.9. The fourth-order valence-electron chi connectivity index (χ4n) is 10.3. The second-order valence-electron chi connectivity index (χ2n) is 24.5. The van der Waals surface area contributed by atoms with Gasteiger partial charge in [-0.2, -0.15) is 0 Å². The maximum Gasteiger partial charge on any atom is 0.243 e. The first-order valence-corrected chi connectivity index (χ1v) is 35.0. The summed E-state index contributed by atoms with van der Waals surface area (Å²) in [6.45, 7) is 20.6. The van der Waals surface area contributed by atoms with E-state index >= 15 is 0 Å². The summed E-state index contributed by atoms with van der Waals surface area (Å²) in [4.78, 5) is 0. The minimum Gasteiger partial charge on any atom is -0.240 e. The van der Waals surface area contributed by atoms with Crippen molar-refractivity contribution in [1.82, 2.24) is 27.4 Å². The summed E-state index contributed by atoms with van der Waals surface area (Å²) >= 11 is 0. The Kier molecular flexibility index (Phi) is 55.5. The standard InChI is InChI=1S/6C12H23N2.ClH/c6*1-3-4-5-6-7-8-9-14-11-10-13(2)12-14;/h6*10-12H,3-9H2,1-2H3;1H/q6*+1;. The van der Waals surface area contributed by atoms with Crippen molar-refractivity contribution in [2.24, 2.45) is 42.3 Å². The van der Waals surface area contributed by atoms with E-state index < -0.39 is 0 Å². The van der Waals surface area contributed by atoms with Crippen molar-refractivity contribution < 1.29 is 27.4 Å². The Morgan fingerprint density at radius 3 is 0.412 bits per heavy atom. The highest BCUT2D eigenvalue weighted by Crippen LogP contribution is 2.10. The van der Waals surface area contributed by atoms with Gasteiger partial charge in [-0.1, -0.05) is 196 Å². The molecule has 0 N–H and O–H groups in total. The van der Waals surface area contributed by atoms with Gasteiger partial charge in [0.15, 0.2) is 0 Å². The van der Waals surface area contributed by atoms with Gasteiger partial charge in [0.25, 0.3) is 0 Å². The molecule has 0 saturated carbocycles. The fourth-order valence-corrected chi connectivity index (χ4v) is 10.3. The number of aryl methyl sites for hydroxylation is 12. The van der Waals surface area contributed by atoms with Gasteiger partial charge in [-0.3, -0.25) is 0 Å². The van der Waals surface area contributed by atoms with Gasteiger partial charge < -0.3 is 0 Å². The Morgan fingerprint density at radius 1 is 0.188 bits per heavy atom. The Labute approximate surface area is 531 Å². The average Bonchev–Trinajstić information content (AvgIpc) is 4.43. The summed E-state index contributed by atoms with van der Waals surface area (Å²) in [7, 11) is 12.4. The van der Waals surface area contributed by atoms with Crippen LogP contribution in [0, 0.1) is 0 Å². The van der Waals surface area contributed by atoms with E-state index in [0.717, 1.165) is 0 Å². The van der Waals surface area contributed by atoms with Crippen molar-refractivity contribution in [3.8, 4) is 0 Å². The molecule has 0 aromatic carbocycles. The summed E-state index contributed by atoms with van der Waals surface area (Å²) in [6, 6.07) is 0. The van der Waals surface area contributed by atoms with Gasteiger partial charge in [0.05, 0.1) is 81.6 Å². The number of hydrogen-bond acceptors (Lipinski definition) is 0. The minimum absolute atomic E-state index is 0. The maximum absolute atomic E-state index is 2.26. The third kappa shape index (κ3) is 50.3. The van der Waals surface area contributed by atoms with Crippen molar-refractivity contribution in [3.05, 3.63) is 112 Å². The Hall–Kier alpha value is -4.45. The number of rotatable bonds is 42. The van der Waals surface area contributed by atoms with Crippen LogP contribution in [0.5, 0.6) is 0 Å². The highest BCUT2D eigenvalue weighted by atomic mass is 35.5. The summed E-state index contributed by atoms with van der Waals surface area (Å²) in [5.41, 5.74) is 0. The molecular formula is C72H139ClN12+6. The van der Waals surface area contributed by atoms with Crippen LogP contribution in [-0.2, 0) is 81.6 Å². The molecule has 12 nitrogen and oxygen atoms in total. The van der Waals surface area contributed by atoms with Crippen LogP contribution in [0.3, 0.4) is 0 Å². The van der Waals surface area contributed by atoms with Crippen LogP contribution >= 0.6 is 12.4 Å². The van der Waals surface area contributed by atoms with Gasteiger partial charge in [0.2, 0.25) is 38.0 Å². The van der Waals surface area contributed by atoms with Crippen LogP contribution < -0.4 is 27.4 Å². The number of halogens is 1. The van der Waals surface area contributed by atoms with E-state index in [1.807, 2.05) is 0 Å². The summed E-state index contributed by atoms with van der Waals surface area (Å²) in [6.07, 6.45) is 87.8. The van der Waals surface area contributed by atoms with E-state index in [1.54, 1.807) is 0 Å². The van der Waals surface area contributed by atoms with Gasteiger partial charge in [0, 0.05) is 0 Å². The molecule has 0 unspecified atom stereocenters. The lowest BCUT2D eigenvalue weighted by atomic mass is 10.1. The van der Waals surface area contributed by atoms with E-state index in [9.17, 15) is 0 Å². The van der Waals surface area contributed by atoms with Crippen molar-refractivity contribution in [1.29, 1.82) is 0 Å². The summed E-state index contributed by atoms with van der Waals surface area (Å²) < 4.78 is 26.1. The first kappa shape index (κ1) is 80.5. The van der Waals surface area contributed by atoms with E-state index in [0.29, 0.717) is 0 Å². The van der Waals surface area contributed by atoms with Crippen molar-refractivity contribution in [3.63, 3.8) is 0 Å². The molecule has 6 aromatic rings. The lowest BCUT2D eigenvalue weighted by Crippen LogP contribution is -2.23. The smallest absolute Gasteiger partial charge is 0.240 e. The predicted octanol–water partition coefficient (Wildman–Crippen LogP) is 16.5. The molecule has 0 atom stereocenters.